The lowest BCUT2D eigenvalue weighted by molar-refractivity contribution is -0.137. The first kappa shape index (κ1) is 13.8. The molecular formula is C10H11F5N2. The summed E-state index contributed by atoms with van der Waals surface area (Å²) < 4.78 is 61.5. The highest BCUT2D eigenvalue weighted by Crippen LogP contribution is 2.28. The molecule has 0 aromatic carbocycles. The largest absolute Gasteiger partial charge is 0.417 e. The first-order chi connectivity index (χ1) is 7.63. The van der Waals surface area contributed by atoms with E-state index in [1.165, 1.54) is 0 Å². The van der Waals surface area contributed by atoms with E-state index >= 15 is 0 Å². The van der Waals surface area contributed by atoms with Gasteiger partial charge in [0.1, 0.15) is 0 Å². The molecule has 1 heterocycles. The number of nitrogens with zero attached hydrogens (tertiary/aromatic N) is 1. The second-order valence-corrected chi connectivity index (χ2v) is 4.02. The van der Waals surface area contributed by atoms with Crippen LogP contribution in [0.1, 0.15) is 18.2 Å². The topological polar surface area (TPSA) is 38.9 Å². The minimum atomic E-state index is -4.49. The van der Waals surface area contributed by atoms with Crippen molar-refractivity contribution in [3.05, 3.63) is 29.6 Å². The van der Waals surface area contributed by atoms with Crippen molar-refractivity contribution >= 4 is 0 Å². The molecule has 0 saturated heterocycles. The molecule has 0 fully saturated rings. The Morgan fingerprint density at radius 3 is 2.24 bits per heavy atom. The predicted octanol–water partition coefficient (Wildman–Crippen LogP) is 2.63. The lowest BCUT2D eigenvalue weighted by atomic mass is 9.97. The number of rotatable bonds is 3. The van der Waals surface area contributed by atoms with E-state index in [4.69, 9.17) is 5.73 Å². The van der Waals surface area contributed by atoms with E-state index in [9.17, 15) is 22.0 Å². The average Bonchev–Trinajstić information content (AvgIpc) is 2.16. The fourth-order valence-corrected chi connectivity index (χ4v) is 1.16. The lowest BCUT2D eigenvalue weighted by Crippen LogP contribution is -2.46. The molecule has 0 aliphatic rings. The quantitative estimate of drug-likeness (QED) is 0.842. The summed E-state index contributed by atoms with van der Waals surface area (Å²) in [5, 5.41) is 0. The molecule has 1 aromatic heterocycles. The first-order valence-electron chi connectivity index (χ1n) is 4.72. The van der Waals surface area contributed by atoms with Crippen LogP contribution in [0.3, 0.4) is 0 Å². The minimum Gasteiger partial charge on any atom is -0.320 e. The first-order valence-corrected chi connectivity index (χ1v) is 4.72. The number of hydrogen-bond donors (Lipinski definition) is 1. The van der Waals surface area contributed by atoms with Crippen molar-refractivity contribution in [2.24, 2.45) is 5.73 Å². The fraction of sp³-hybridized carbons (Fsp3) is 0.500. The highest BCUT2D eigenvalue weighted by Gasteiger charge is 2.33. The average molecular weight is 254 g/mol. The van der Waals surface area contributed by atoms with Gasteiger partial charge in [-0.1, -0.05) is 0 Å². The van der Waals surface area contributed by atoms with E-state index in [0.717, 1.165) is 19.1 Å². The summed E-state index contributed by atoms with van der Waals surface area (Å²) in [5.41, 5.74) is 2.69. The summed E-state index contributed by atoms with van der Waals surface area (Å²) in [6, 6.07) is 1.85. The second-order valence-electron chi connectivity index (χ2n) is 4.02. The molecule has 7 heteroatoms. The maximum absolute atomic E-state index is 12.4. The van der Waals surface area contributed by atoms with Crippen LogP contribution in [-0.2, 0) is 12.6 Å². The molecular weight excluding hydrogens is 243 g/mol. The molecule has 96 valence electrons. The van der Waals surface area contributed by atoms with Gasteiger partial charge in [0, 0.05) is 18.3 Å². The van der Waals surface area contributed by atoms with E-state index in [-0.39, 0.29) is 12.1 Å². The number of hydrogen-bond acceptors (Lipinski definition) is 2. The van der Waals surface area contributed by atoms with Crippen molar-refractivity contribution in [2.75, 3.05) is 0 Å². The van der Waals surface area contributed by atoms with Gasteiger partial charge in [0.2, 0.25) is 0 Å². The molecule has 0 amide bonds. The molecule has 2 N–H and O–H groups in total. The van der Waals surface area contributed by atoms with Crippen LogP contribution >= 0.6 is 0 Å². The van der Waals surface area contributed by atoms with E-state index in [1.54, 1.807) is 0 Å². The van der Waals surface area contributed by atoms with E-state index < -0.39 is 23.7 Å². The van der Waals surface area contributed by atoms with Crippen LogP contribution < -0.4 is 5.73 Å². The molecule has 1 atom stereocenters. The summed E-state index contributed by atoms with van der Waals surface area (Å²) in [6.45, 7) is 1.12. The third-order valence-electron chi connectivity index (χ3n) is 2.21. The molecule has 17 heavy (non-hydrogen) atoms. The molecule has 1 aromatic rings. The van der Waals surface area contributed by atoms with Gasteiger partial charge in [0.05, 0.1) is 11.1 Å². The van der Waals surface area contributed by atoms with Crippen molar-refractivity contribution in [1.82, 2.24) is 4.98 Å². The molecule has 0 aliphatic heterocycles. The number of aromatic nitrogens is 1. The maximum Gasteiger partial charge on any atom is 0.417 e. The van der Waals surface area contributed by atoms with Crippen molar-refractivity contribution in [2.45, 2.75) is 31.5 Å². The minimum absolute atomic E-state index is 0.100. The van der Waals surface area contributed by atoms with E-state index in [1.807, 2.05) is 0 Å². The Morgan fingerprint density at radius 2 is 1.88 bits per heavy atom. The van der Waals surface area contributed by atoms with Crippen LogP contribution in [0.2, 0.25) is 0 Å². The standard InChI is InChI=1S/C10H11F5N2/c1-9(16,8(11)12)4-7-3-2-6(5-17-7)10(13,14)15/h2-3,5,8H,4,16H2,1H3. The van der Waals surface area contributed by atoms with Crippen molar-refractivity contribution in [1.29, 1.82) is 0 Å². The smallest absolute Gasteiger partial charge is 0.320 e. The van der Waals surface area contributed by atoms with Gasteiger partial charge in [0.25, 0.3) is 6.43 Å². The van der Waals surface area contributed by atoms with E-state index in [0.29, 0.717) is 6.20 Å². The van der Waals surface area contributed by atoms with Gasteiger partial charge < -0.3 is 5.73 Å². The van der Waals surface area contributed by atoms with Crippen LogP contribution in [0.25, 0.3) is 0 Å². The zero-order chi connectivity index (χ0) is 13.3. The summed E-state index contributed by atoms with van der Waals surface area (Å²) in [6.07, 6.45) is -6.94. The van der Waals surface area contributed by atoms with E-state index in [2.05, 4.69) is 4.98 Å². The van der Waals surface area contributed by atoms with Gasteiger partial charge in [-0.15, -0.1) is 0 Å². The van der Waals surface area contributed by atoms with Crippen LogP contribution in [-0.4, -0.2) is 16.9 Å². The Morgan fingerprint density at radius 1 is 1.29 bits per heavy atom. The molecule has 2 nitrogen and oxygen atoms in total. The normalized spacial score (nSPS) is 16.0. The molecule has 0 radical (unpaired) electrons. The Balaban J connectivity index is 2.83. The van der Waals surface area contributed by atoms with Gasteiger partial charge >= 0.3 is 6.18 Å². The summed E-state index contributed by atoms with van der Waals surface area (Å²) in [7, 11) is 0. The molecule has 1 rings (SSSR count). The highest BCUT2D eigenvalue weighted by atomic mass is 19.4. The van der Waals surface area contributed by atoms with Crippen LogP contribution in [0, 0.1) is 0 Å². The Labute approximate surface area is 94.6 Å². The summed E-state index contributed by atoms with van der Waals surface area (Å²) in [5.74, 6) is 0. The van der Waals surface area contributed by atoms with Crippen molar-refractivity contribution in [3.8, 4) is 0 Å². The second kappa shape index (κ2) is 4.56. The number of nitrogens with two attached hydrogens (primary N) is 1. The fourth-order valence-electron chi connectivity index (χ4n) is 1.16. The third-order valence-corrected chi connectivity index (χ3v) is 2.21. The Hall–Kier alpha value is -1.24. The highest BCUT2D eigenvalue weighted by molar-refractivity contribution is 5.18. The SMILES string of the molecule is CC(N)(Cc1ccc(C(F)(F)F)cn1)C(F)F. The van der Waals surface area contributed by atoms with Crippen molar-refractivity contribution < 1.29 is 22.0 Å². The summed E-state index contributed by atoms with van der Waals surface area (Å²) in [4.78, 5) is 3.48. The molecule has 0 aliphatic carbocycles. The maximum atomic E-state index is 12.4. The molecule has 1 unspecified atom stereocenters. The molecule has 0 bridgehead atoms. The van der Waals surface area contributed by atoms with Crippen LogP contribution in [0.5, 0.6) is 0 Å². The van der Waals surface area contributed by atoms with Gasteiger partial charge in [-0.2, -0.15) is 13.2 Å². The predicted molar refractivity (Wildman–Crippen MR) is 51.5 cm³/mol. The zero-order valence-corrected chi connectivity index (χ0v) is 8.93. The number of alkyl halides is 5. The number of halogens is 5. The van der Waals surface area contributed by atoms with Gasteiger partial charge in [0.15, 0.2) is 0 Å². The van der Waals surface area contributed by atoms with Crippen molar-refractivity contribution in [3.63, 3.8) is 0 Å². The zero-order valence-electron chi connectivity index (χ0n) is 8.93. The molecule has 0 saturated carbocycles. The summed E-state index contributed by atoms with van der Waals surface area (Å²) >= 11 is 0. The monoisotopic (exact) mass is 254 g/mol. The van der Waals surface area contributed by atoms with Crippen LogP contribution in [0.4, 0.5) is 22.0 Å². The van der Waals surface area contributed by atoms with Gasteiger partial charge in [-0.25, -0.2) is 8.78 Å². The van der Waals surface area contributed by atoms with Gasteiger partial charge in [-0.05, 0) is 19.1 Å². The van der Waals surface area contributed by atoms with Crippen LogP contribution in [0.15, 0.2) is 18.3 Å². The Kier molecular flexibility index (Phi) is 3.71. The third kappa shape index (κ3) is 3.62. The molecule has 0 spiro atoms. The Bertz CT molecular complexity index is 369. The lowest BCUT2D eigenvalue weighted by Gasteiger charge is -2.22. The number of pyridine rings is 1. The van der Waals surface area contributed by atoms with Gasteiger partial charge in [-0.3, -0.25) is 4.98 Å².